The molecule has 1 aliphatic rings. The number of anilines is 1. The summed E-state index contributed by atoms with van der Waals surface area (Å²) >= 11 is 0. The van der Waals surface area contributed by atoms with E-state index >= 15 is 0 Å². The number of alkyl halides is 3. The van der Waals surface area contributed by atoms with Gasteiger partial charge in [-0.3, -0.25) is 19.3 Å². The van der Waals surface area contributed by atoms with Crippen molar-refractivity contribution in [1.29, 1.82) is 0 Å². The number of carbonyl (C=O) groups is 3. The van der Waals surface area contributed by atoms with Crippen LogP contribution in [0.1, 0.15) is 41.7 Å². The number of rotatable bonds is 8. The molecule has 1 saturated carbocycles. The van der Waals surface area contributed by atoms with E-state index in [-0.39, 0.29) is 36.7 Å². The maximum atomic E-state index is 13.5. The van der Waals surface area contributed by atoms with E-state index < -0.39 is 23.3 Å². The second-order valence-corrected chi connectivity index (χ2v) is 9.35. The predicted octanol–water partition coefficient (Wildman–Crippen LogP) is 3.60. The topological polar surface area (TPSA) is 109 Å². The highest BCUT2D eigenvalue weighted by Gasteiger charge is 2.39. The summed E-state index contributed by atoms with van der Waals surface area (Å²) in [7, 11) is 1.68. The summed E-state index contributed by atoms with van der Waals surface area (Å²) in [5, 5.41) is 8.71. The summed E-state index contributed by atoms with van der Waals surface area (Å²) in [6.07, 6.45) is 0.0593. The Morgan fingerprint density at radius 1 is 0.949 bits per heavy atom. The zero-order chi connectivity index (χ0) is 28.0. The number of para-hydroxylation sites is 1. The zero-order valence-corrected chi connectivity index (χ0v) is 21.3. The quantitative estimate of drug-likeness (QED) is 0.423. The first-order valence-electron chi connectivity index (χ1n) is 12.6. The Morgan fingerprint density at radius 3 is 2.23 bits per heavy atom. The van der Waals surface area contributed by atoms with E-state index in [2.05, 4.69) is 20.7 Å². The summed E-state index contributed by atoms with van der Waals surface area (Å²) in [6.45, 7) is 0.00110. The summed E-state index contributed by atoms with van der Waals surface area (Å²) in [5.41, 5.74) is -1.50. The van der Waals surface area contributed by atoms with Gasteiger partial charge >= 0.3 is 6.18 Å². The van der Waals surface area contributed by atoms with Gasteiger partial charge in [0.2, 0.25) is 11.8 Å². The number of carbonyl (C=O) groups excluding carboxylic acids is 3. The number of amides is 3. The molecule has 0 atom stereocenters. The van der Waals surface area contributed by atoms with E-state index in [4.69, 9.17) is 0 Å². The smallest absolute Gasteiger partial charge is 0.354 e. The first-order chi connectivity index (χ1) is 18.6. The van der Waals surface area contributed by atoms with Crippen molar-refractivity contribution >= 4 is 23.5 Å². The molecule has 1 fully saturated rings. The molecular formula is C27H29F3N6O3. The Morgan fingerprint density at radius 2 is 1.59 bits per heavy atom. The lowest BCUT2D eigenvalue weighted by Gasteiger charge is -2.29. The molecule has 0 saturated heterocycles. The molecule has 0 spiro atoms. The van der Waals surface area contributed by atoms with Crippen LogP contribution in [0, 0.1) is 11.8 Å². The number of aromatic nitrogens is 3. The van der Waals surface area contributed by atoms with Crippen LogP contribution in [0.25, 0.3) is 5.69 Å². The molecule has 4 rings (SSSR count). The van der Waals surface area contributed by atoms with Crippen molar-refractivity contribution in [3.8, 4) is 5.69 Å². The van der Waals surface area contributed by atoms with Crippen molar-refractivity contribution < 1.29 is 27.6 Å². The third kappa shape index (κ3) is 6.81. The minimum Gasteiger partial charge on any atom is -0.354 e. The number of halogens is 3. The van der Waals surface area contributed by atoms with Crippen LogP contribution in [0.5, 0.6) is 0 Å². The van der Waals surface area contributed by atoms with Crippen LogP contribution < -0.4 is 15.5 Å². The average molecular weight is 543 g/mol. The van der Waals surface area contributed by atoms with Crippen molar-refractivity contribution in [2.45, 2.75) is 31.9 Å². The van der Waals surface area contributed by atoms with Crippen LogP contribution in [0.2, 0.25) is 0 Å². The van der Waals surface area contributed by atoms with E-state index in [1.54, 1.807) is 55.7 Å². The molecule has 0 aliphatic heterocycles. The molecule has 39 heavy (non-hydrogen) atoms. The van der Waals surface area contributed by atoms with Crippen LogP contribution in [-0.2, 0) is 15.8 Å². The fourth-order valence-electron chi connectivity index (χ4n) is 4.61. The molecular weight excluding hydrogens is 513 g/mol. The minimum atomic E-state index is -4.81. The molecule has 0 bridgehead atoms. The molecule has 1 aliphatic carbocycles. The molecule has 2 aromatic heterocycles. The number of nitrogens with one attached hydrogen (secondary N) is 2. The van der Waals surface area contributed by atoms with Crippen LogP contribution in [-0.4, -0.2) is 52.6 Å². The van der Waals surface area contributed by atoms with Crippen molar-refractivity contribution in [1.82, 2.24) is 25.4 Å². The van der Waals surface area contributed by atoms with Crippen molar-refractivity contribution in [2.24, 2.45) is 11.8 Å². The maximum Gasteiger partial charge on any atom is 0.435 e. The Kier molecular flexibility index (Phi) is 8.62. The molecule has 2 N–H and O–H groups in total. The first-order valence-corrected chi connectivity index (χ1v) is 12.6. The van der Waals surface area contributed by atoms with Crippen LogP contribution in [0.3, 0.4) is 0 Å². The lowest BCUT2D eigenvalue weighted by atomic mass is 9.81. The molecule has 206 valence electrons. The number of pyridine rings is 1. The van der Waals surface area contributed by atoms with E-state index in [1.807, 2.05) is 6.07 Å². The molecule has 12 heteroatoms. The van der Waals surface area contributed by atoms with Gasteiger partial charge in [-0.05, 0) is 49.9 Å². The van der Waals surface area contributed by atoms with E-state index in [0.29, 0.717) is 37.2 Å². The SMILES string of the molecule is CN(C(=O)C1CCC(C(=O)NCCNC(=O)c2cn(-c3ccccc3)nc2C(F)(F)F)CC1)c1ccccn1. The van der Waals surface area contributed by atoms with Gasteiger partial charge in [0.25, 0.3) is 5.91 Å². The fraction of sp³-hybridized carbons (Fsp3) is 0.370. The fourth-order valence-corrected chi connectivity index (χ4v) is 4.61. The highest BCUT2D eigenvalue weighted by molar-refractivity contribution is 5.95. The van der Waals surface area contributed by atoms with E-state index in [9.17, 15) is 27.6 Å². The summed E-state index contributed by atoms with van der Waals surface area (Å²) in [4.78, 5) is 43.7. The van der Waals surface area contributed by atoms with Gasteiger partial charge in [0.15, 0.2) is 5.69 Å². The molecule has 0 unspecified atom stereocenters. The highest BCUT2D eigenvalue weighted by Crippen LogP contribution is 2.32. The number of nitrogens with zero attached hydrogens (tertiary/aromatic N) is 4. The summed E-state index contributed by atoms with van der Waals surface area (Å²) in [6, 6.07) is 13.5. The number of benzene rings is 1. The normalized spacial score (nSPS) is 17.3. The van der Waals surface area contributed by atoms with Gasteiger partial charge in [0.1, 0.15) is 5.82 Å². The second kappa shape index (κ2) is 12.1. The number of hydrogen-bond donors (Lipinski definition) is 2. The van der Waals surface area contributed by atoms with Gasteiger partial charge in [-0.25, -0.2) is 9.67 Å². The Balaban J connectivity index is 1.24. The third-order valence-electron chi connectivity index (χ3n) is 6.73. The molecule has 3 amide bonds. The molecule has 3 aromatic rings. The molecule has 1 aromatic carbocycles. The number of hydrogen-bond acceptors (Lipinski definition) is 5. The van der Waals surface area contributed by atoms with Gasteiger partial charge in [-0.15, -0.1) is 0 Å². The van der Waals surface area contributed by atoms with Gasteiger partial charge in [-0.1, -0.05) is 24.3 Å². The maximum absolute atomic E-state index is 13.5. The molecule has 9 nitrogen and oxygen atoms in total. The molecule has 0 radical (unpaired) electrons. The lowest BCUT2D eigenvalue weighted by molar-refractivity contribution is -0.141. The van der Waals surface area contributed by atoms with Crippen LogP contribution >= 0.6 is 0 Å². The minimum absolute atomic E-state index is 0.0379. The van der Waals surface area contributed by atoms with Gasteiger partial charge in [0.05, 0.1) is 11.3 Å². The Bertz CT molecular complexity index is 1290. The summed E-state index contributed by atoms with van der Waals surface area (Å²) < 4.78 is 41.5. The largest absolute Gasteiger partial charge is 0.435 e. The predicted molar refractivity (Wildman–Crippen MR) is 137 cm³/mol. The second-order valence-electron chi connectivity index (χ2n) is 9.35. The van der Waals surface area contributed by atoms with Gasteiger partial charge < -0.3 is 10.6 Å². The average Bonchev–Trinajstić information content (AvgIpc) is 3.42. The van der Waals surface area contributed by atoms with Crippen molar-refractivity contribution in [2.75, 3.05) is 25.0 Å². The van der Waals surface area contributed by atoms with E-state index in [1.165, 1.54) is 4.90 Å². The van der Waals surface area contributed by atoms with Gasteiger partial charge in [0, 0.05) is 44.4 Å². The first kappa shape index (κ1) is 27.8. The molecule has 2 heterocycles. The highest BCUT2D eigenvalue weighted by atomic mass is 19.4. The summed E-state index contributed by atoms with van der Waals surface area (Å²) in [5.74, 6) is -1.08. The van der Waals surface area contributed by atoms with Crippen molar-refractivity contribution in [3.05, 3.63) is 72.2 Å². The Hall–Kier alpha value is -4.22. The van der Waals surface area contributed by atoms with Crippen molar-refractivity contribution in [3.63, 3.8) is 0 Å². The Labute approximate surface area is 223 Å². The third-order valence-corrected chi connectivity index (χ3v) is 6.73. The van der Waals surface area contributed by atoms with Crippen LogP contribution in [0.15, 0.2) is 60.9 Å². The van der Waals surface area contributed by atoms with E-state index in [0.717, 1.165) is 10.9 Å². The lowest BCUT2D eigenvalue weighted by Crippen LogP contribution is -2.40. The monoisotopic (exact) mass is 542 g/mol. The van der Waals surface area contributed by atoms with Crippen LogP contribution in [0.4, 0.5) is 19.0 Å². The van der Waals surface area contributed by atoms with Gasteiger partial charge in [-0.2, -0.15) is 18.3 Å². The standard InChI is InChI=1S/C27H29F3N6O3/c1-35(22-9-5-6-14-31-22)26(39)19-12-10-18(11-13-19)24(37)32-15-16-33-25(38)21-17-36(20-7-3-2-4-8-20)34-23(21)27(28,29)30/h2-9,14,17-19H,10-13,15-16H2,1H3,(H,32,37)(H,33,38). The zero-order valence-electron chi connectivity index (χ0n) is 21.3.